The average Bonchev–Trinajstić information content (AvgIpc) is 2.77. The first kappa shape index (κ1) is 23.7. The molecule has 10 heteroatoms. The van der Waals surface area contributed by atoms with Gasteiger partial charge in [-0.1, -0.05) is 23.3 Å². The predicted molar refractivity (Wildman–Crippen MR) is 123 cm³/mol. The van der Waals surface area contributed by atoms with Gasteiger partial charge in [-0.25, -0.2) is 13.4 Å². The van der Waals surface area contributed by atoms with Crippen LogP contribution in [0.4, 0.5) is 5.82 Å². The van der Waals surface area contributed by atoms with E-state index in [0.29, 0.717) is 31.7 Å². The van der Waals surface area contributed by atoms with Gasteiger partial charge in [-0.3, -0.25) is 9.59 Å². The fourth-order valence-corrected chi connectivity index (χ4v) is 4.95. The molecule has 1 aliphatic heterocycles. The zero-order chi connectivity index (χ0) is 23.1. The van der Waals surface area contributed by atoms with E-state index in [4.69, 9.17) is 0 Å². The average molecular weight is 460 g/mol. The number of amides is 2. The molecule has 9 nitrogen and oxygen atoms in total. The van der Waals surface area contributed by atoms with E-state index >= 15 is 0 Å². The number of sulfonamides is 1. The molecule has 0 atom stereocenters. The normalized spacial score (nSPS) is 14.8. The van der Waals surface area contributed by atoms with Crippen molar-refractivity contribution in [1.82, 2.24) is 19.9 Å². The minimum absolute atomic E-state index is 0.0129. The number of hydrogen-bond acceptors (Lipinski definition) is 6. The maximum Gasteiger partial charge on any atom is 0.251 e. The molecule has 1 aromatic carbocycles. The van der Waals surface area contributed by atoms with Crippen LogP contribution in [0.5, 0.6) is 0 Å². The molecular weight excluding hydrogens is 430 g/mol. The van der Waals surface area contributed by atoms with E-state index < -0.39 is 15.9 Å². The molecule has 1 aliphatic rings. The summed E-state index contributed by atoms with van der Waals surface area (Å²) in [5.41, 5.74) is 2.42. The highest BCUT2D eigenvalue weighted by Crippen LogP contribution is 2.14. The summed E-state index contributed by atoms with van der Waals surface area (Å²) in [5.74, 6) is -0.129. The van der Waals surface area contributed by atoms with Crippen LogP contribution in [0.25, 0.3) is 0 Å². The topological polar surface area (TPSA) is 112 Å². The molecule has 2 amide bonds. The van der Waals surface area contributed by atoms with Crippen LogP contribution in [0.2, 0.25) is 0 Å². The fourth-order valence-electron chi connectivity index (χ4n) is 3.62. The Kier molecular flexibility index (Phi) is 7.81. The van der Waals surface area contributed by atoms with E-state index in [1.54, 1.807) is 18.3 Å². The van der Waals surface area contributed by atoms with Crippen LogP contribution in [0.3, 0.4) is 0 Å². The van der Waals surface area contributed by atoms with Crippen LogP contribution in [0.1, 0.15) is 21.5 Å². The molecule has 0 radical (unpaired) electrons. The first-order valence-corrected chi connectivity index (χ1v) is 12.1. The lowest BCUT2D eigenvalue weighted by molar-refractivity contribution is -0.120. The summed E-state index contributed by atoms with van der Waals surface area (Å²) in [6.07, 6.45) is 1.71. The van der Waals surface area contributed by atoms with E-state index in [1.807, 2.05) is 43.0 Å². The van der Waals surface area contributed by atoms with Crippen molar-refractivity contribution in [1.29, 1.82) is 0 Å². The van der Waals surface area contributed by atoms with Crippen LogP contribution in [0, 0.1) is 13.8 Å². The summed E-state index contributed by atoms with van der Waals surface area (Å²) in [6, 6.07) is 11.1. The minimum Gasteiger partial charge on any atom is -0.354 e. The highest BCUT2D eigenvalue weighted by atomic mass is 32.2. The van der Waals surface area contributed by atoms with Crippen molar-refractivity contribution >= 4 is 27.7 Å². The number of aryl methyl sites for hydroxylation is 2. The molecule has 0 saturated carbocycles. The molecule has 1 aromatic heterocycles. The first-order valence-electron chi connectivity index (χ1n) is 10.5. The largest absolute Gasteiger partial charge is 0.354 e. The predicted octanol–water partition coefficient (Wildman–Crippen LogP) is 0.696. The molecule has 2 N–H and O–H groups in total. The van der Waals surface area contributed by atoms with Crippen molar-refractivity contribution in [2.75, 3.05) is 49.9 Å². The Morgan fingerprint density at radius 3 is 2.31 bits per heavy atom. The lowest BCUT2D eigenvalue weighted by Crippen LogP contribution is -2.50. The quantitative estimate of drug-likeness (QED) is 0.601. The fraction of sp³-hybridized carbons (Fsp3) is 0.409. The Hall–Kier alpha value is -2.98. The van der Waals surface area contributed by atoms with E-state index in [9.17, 15) is 18.0 Å². The number of piperazine rings is 1. The number of pyridine rings is 1. The monoisotopic (exact) mass is 459 g/mol. The van der Waals surface area contributed by atoms with E-state index in [1.165, 1.54) is 4.31 Å². The third-order valence-electron chi connectivity index (χ3n) is 5.18. The molecule has 2 aromatic rings. The van der Waals surface area contributed by atoms with Gasteiger partial charge < -0.3 is 15.5 Å². The first-order chi connectivity index (χ1) is 15.2. The van der Waals surface area contributed by atoms with Crippen LogP contribution in [-0.2, 0) is 14.8 Å². The molecule has 0 spiro atoms. The molecule has 0 unspecified atom stereocenters. The van der Waals surface area contributed by atoms with Gasteiger partial charge >= 0.3 is 0 Å². The zero-order valence-corrected chi connectivity index (χ0v) is 19.2. The van der Waals surface area contributed by atoms with Crippen LogP contribution >= 0.6 is 0 Å². The number of carbonyl (C=O) groups is 2. The molecule has 32 heavy (non-hydrogen) atoms. The standard InChI is InChI=1S/C22H29N5O4S/c1-17-13-18(2)15-19(14-17)22(29)25-16-21(28)24-7-12-32(30,31)27-10-8-26(9-11-27)20-5-3-4-6-23-20/h3-6,13-15H,7-12,16H2,1-2H3,(H,24,28)(H,25,29). The SMILES string of the molecule is Cc1cc(C)cc(C(=O)NCC(=O)NCCS(=O)(=O)N2CCN(c3ccccn3)CC2)c1. The molecule has 3 rings (SSSR count). The second kappa shape index (κ2) is 10.6. The highest BCUT2D eigenvalue weighted by Gasteiger charge is 2.27. The van der Waals surface area contributed by atoms with Crippen molar-refractivity contribution in [3.8, 4) is 0 Å². The number of nitrogens with zero attached hydrogens (tertiary/aromatic N) is 3. The molecule has 1 fully saturated rings. The Morgan fingerprint density at radius 2 is 1.69 bits per heavy atom. The van der Waals surface area contributed by atoms with Crippen molar-refractivity contribution in [3.05, 3.63) is 59.3 Å². The maximum absolute atomic E-state index is 12.6. The van der Waals surface area contributed by atoms with Gasteiger partial charge in [0.15, 0.2) is 0 Å². The number of carbonyl (C=O) groups excluding carboxylic acids is 2. The zero-order valence-electron chi connectivity index (χ0n) is 18.4. The molecule has 2 heterocycles. The summed E-state index contributed by atoms with van der Waals surface area (Å²) in [4.78, 5) is 30.6. The van der Waals surface area contributed by atoms with Crippen molar-refractivity contribution in [2.24, 2.45) is 0 Å². The summed E-state index contributed by atoms with van der Waals surface area (Å²) in [7, 11) is -3.48. The highest BCUT2D eigenvalue weighted by molar-refractivity contribution is 7.89. The third-order valence-corrected chi connectivity index (χ3v) is 7.05. The van der Waals surface area contributed by atoms with Gasteiger partial charge in [0.25, 0.3) is 5.91 Å². The smallest absolute Gasteiger partial charge is 0.251 e. The molecule has 1 saturated heterocycles. The number of rotatable bonds is 8. The number of benzene rings is 1. The van der Waals surface area contributed by atoms with Crippen molar-refractivity contribution in [2.45, 2.75) is 13.8 Å². The molecule has 172 valence electrons. The lowest BCUT2D eigenvalue weighted by atomic mass is 10.1. The third kappa shape index (κ3) is 6.51. The lowest BCUT2D eigenvalue weighted by Gasteiger charge is -2.34. The maximum atomic E-state index is 12.6. The van der Waals surface area contributed by atoms with Gasteiger partial charge in [0, 0.05) is 44.5 Å². The van der Waals surface area contributed by atoms with E-state index in [-0.39, 0.29) is 24.7 Å². The van der Waals surface area contributed by atoms with Crippen molar-refractivity contribution < 1.29 is 18.0 Å². The van der Waals surface area contributed by atoms with E-state index in [0.717, 1.165) is 16.9 Å². The van der Waals surface area contributed by atoms with Gasteiger partial charge in [-0.2, -0.15) is 4.31 Å². The molecular formula is C22H29N5O4S. The summed E-state index contributed by atoms with van der Waals surface area (Å²) in [6.45, 7) is 5.44. The molecule has 0 aliphatic carbocycles. The Morgan fingerprint density at radius 1 is 1.00 bits per heavy atom. The Balaban J connectivity index is 1.39. The van der Waals surface area contributed by atoms with Gasteiger partial charge in [0.05, 0.1) is 12.3 Å². The summed E-state index contributed by atoms with van der Waals surface area (Å²) >= 11 is 0. The number of anilines is 1. The second-order valence-electron chi connectivity index (χ2n) is 7.80. The summed E-state index contributed by atoms with van der Waals surface area (Å²) in [5, 5.41) is 5.12. The van der Waals surface area contributed by atoms with Crippen LogP contribution < -0.4 is 15.5 Å². The Labute approximate surface area is 188 Å². The van der Waals surface area contributed by atoms with Gasteiger partial charge in [-0.05, 0) is 38.1 Å². The summed E-state index contributed by atoms with van der Waals surface area (Å²) < 4.78 is 26.6. The van der Waals surface area contributed by atoms with Crippen LogP contribution in [-0.4, -0.2) is 74.5 Å². The number of aromatic nitrogens is 1. The van der Waals surface area contributed by atoms with E-state index in [2.05, 4.69) is 15.6 Å². The van der Waals surface area contributed by atoms with Gasteiger partial charge in [-0.15, -0.1) is 0 Å². The van der Waals surface area contributed by atoms with Gasteiger partial charge in [0.2, 0.25) is 15.9 Å². The minimum atomic E-state index is -3.48. The van der Waals surface area contributed by atoms with Crippen LogP contribution in [0.15, 0.2) is 42.6 Å². The number of hydrogen-bond donors (Lipinski definition) is 2. The van der Waals surface area contributed by atoms with Crippen molar-refractivity contribution in [3.63, 3.8) is 0 Å². The van der Waals surface area contributed by atoms with Gasteiger partial charge in [0.1, 0.15) is 5.82 Å². The number of nitrogens with one attached hydrogen (secondary N) is 2. The molecule has 0 bridgehead atoms. The second-order valence-corrected chi connectivity index (χ2v) is 9.89. The Bertz CT molecular complexity index is 1030.